The average molecular weight is 459 g/mol. The molecule has 0 spiro atoms. The van der Waals surface area contributed by atoms with Crippen LogP contribution in [0, 0.1) is 0 Å². The number of piperidine rings is 1. The summed E-state index contributed by atoms with van der Waals surface area (Å²) in [5.74, 6) is 2.46. The Bertz CT molecular complexity index is 1230. The van der Waals surface area contributed by atoms with Crippen LogP contribution in [0.2, 0.25) is 0 Å². The molecule has 0 bridgehead atoms. The summed E-state index contributed by atoms with van der Waals surface area (Å²) in [4.78, 5) is 9.40. The third kappa shape index (κ3) is 4.97. The Hall–Kier alpha value is -3.65. The Morgan fingerprint density at radius 3 is 2.71 bits per heavy atom. The summed E-state index contributed by atoms with van der Waals surface area (Å²) in [5.41, 5.74) is 2.83. The lowest BCUT2D eigenvalue weighted by atomic mass is 10.1. The van der Waals surface area contributed by atoms with Gasteiger partial charge in [0, 0.05) is 24.2 Å². The zero-order valence-electron chi connectivity index (χ0n) is 19.6. The van der Waals surface area contributed by atoms with Gasteiger partial charge in [-0.15, -0.1) is 0 Å². The molecule has 3 heterocycles. The first kappa shape index (κ1) is 22.2. The third-order valence-corrected chi connectivity index (χ3v) is 5.90. The molecule has 8 nitrogen and oxygen atoms in total. The fourth-order valence-corrected chi connectivity index (χ4v) is 4.06. The molecule has 5 rings (SSSR count). The van der Waals surface area contributed by atoms with Crippen LogP contribution in [0.1, 0.15) is 43.7 Å². The molecule has 2 aromatic carbocycles. The number of nitrogens with one attached hydrogen (secondary N) is 2. The summed E-state index contributed by atoms with van der Waals surface area (Å²) >= 11 is 0. The normalized spacial score (nSPS) is 16.0. The summed E-state index contributed by atoms with van der Waals surface area (Å²) in [6.07, 6.45) is 4.00. The number of benzene rings is 2. The molecular weight excluding hydrogens is 428 g/mol. The van der Waals surface area contributed by atoms with Crippen LogP contribution in [0.25, 0.3) is 5.65 Å². The van der Waals surface area contributed by atoms with E-state index in [0.29, 0.717) is 18.5 Å². The maximum absolute atomic E-state index is 6.17. The van der Waals surface area contributed by atoms with Crippen LogP contribution in [-0.4, -0.2) is 38.8 Å². The van der Waals surface area contributed by atoms with Crippen LogP contribution in [0.3, 0.4) is 0 Å². The van der Waals surface area contributed by atoms with Gasteiger partial charge in [-0.1, -0.05) is 50.2 Å². The standard InChI is InChI=1S/C26H30N6O2/c1-18(2)22-17-29-32-24(22)30-26(34-21-12-8-14-27-16-21)31-25(32)28-15-19-9-6-7-13-23(19)33-20-10-4-3-5-11-20/h3-7,9-11,13,17-18,21,27H,8,12,14-16H2,1-2H3,(H,28,30,31)/t21-/m1/s1. The summed E-state index contributed by atoms with van der Waals surface area (Å²) in [6.45, 7) is 6.61. The number of hydrogen-bond acceptors (Lipinski definition) is 7. The molecule has 34 heavy (non-hydrogen) atoms. The summed E-state index contributed by atoms with van der Waals surface area (Å²) in [5, 5.41) is 11.4. The number of fused-ring (bicyclic) bond motifs is 1. The molecule has 4 aromatic rings. The lowest BCUT2D eigenvalue weighted by Crippen LogP contribution is -2.37. The second kappa shape index (κ2) is 10.1. The molecular formula is C26H30N6O2. The van der Waals surface area contributed by atoms with Crippen molar-refractivity contribution in [2.24, 2.45) is 0 Å². The average Bonchev–Trinajstić information content (AvgIpc) is 3.29. The molecule has 0 amide bonds. The number of rotatable bonds is 8. The molecule has 1 atom stereocenters. The zero-order valence-corrected chi connectivity index (χ0v) is 19.6. The summed E-state index contributed by atoms with van der Waals surface area (Å²) < 4.78 is 14.0. The number of hydrogen-bond donors (Lipinski definition) is 2. The molecule has 8 heteroatoms. The van der Waals surface area contributed by atoms with Gasteiger partial charge in [0.25, 0.3) is 0 Å². The third-order valence-electron chi connectivity index (χ3n) is 5.90. The van der Waals surface area contributed by atoms with E-state index in [2.05, 4.69) is 34.6 Å². The molecule has 0 radical (unpaired) electrons. The first-order chi connectivity index (χ1) is 16.7. The number of ether oxygens (including phenoxy) is 2. The monoisotopic (exact) mass is 458 g/mol. The Morgan fingerprint density at radius 1 is 1.09 bits per heavy atom. The lowest BCUT2D eigenvalue weighted by molar-refractivity contribution is 0.153. The van der Waals surface area contributed by atoms with E-state index >= 15 is 0 Å². The van der Waals surface area contributed by atoms with Crippen molar-refractivity contribution < 1.29 is 9.47 Å². The highest BCUT2D eigenvalue weighted by molar-refractivity contribution is 5.53. The SMILES string of the molecule is CC(C)c1cnn2c(NCc3ccccc3Oc3ccccc3)nc(O[C@@H]3CCCNC3)nc12. The van der Waals surface area contributed by atoms with Crippen molar-refractivity contribution in [2.45, 2.75) is 45.3 Å². The van der Waals surface area contributed by atoms with Gasteiger partial charge in [-0.3, -0.25) is 0 Å². The molecule has 1 fully saturated rings. The Kier molecular flexibility index (Phi) is 6.58. The lowest BCUT2D eigenvalue weighted by Gasteiger charge is -2.23. The highest BCUT2D eigenvalue weighted by Gasteiger charge is 2.20. The van der Waals surface area contributed by atoms with Crippen LogP contribution in [-0.2, 0) is 6.54 Å². The van der Waals surface area contributed by atoms with Crippen molar-refractivity contribution in [3.8, 4) is 17.5 Å². The van der Waals surface area contributed by atoms with Crippen LogP contribution in [0.15, 0.2) is 60.8 Å². The summed E-state index contributed by atoms with van der Waals surface area (Å²) in [6, 6.07) is 18.1. The molecule has 0 saturated carbocycles. The maximum Gasteiger partial charge on any atom is 0.322 e. The second-order valence-electron chi connectivity index (χ2n) is 8.78. The van der Waals surface area contributed by atoms with Crippen molar-refractivity contribution in [1.29, 1.82) is 0 Å². The minimum Gasteiger partial charge on any atom is -0.459 e. The summed E-state index contributed by atoms with van der Waals surface area (Å²) in [7, 11) is 0. The molecule has 1 aliphatic heterocycles. The molecule has 0 aliphatic carbocycles. The van der Waals surface area contributed by atoms with Crippen LogP contribution < -0.4 is 20.1 Å². The molecule has 2 aromatic heterocycles. The topological polar surface area (TPSA) is 85.6 Å². The van der Waals surface area contributed by atoms with Crippen LogP contribution in [0.5, 0.6) is 17.5 Å². The van der Waals surface area contributed by atoms with Gasteiger partial charge >= 0.3 is 6.01 Å². The van der Waals surface area contributed by atoms with Gasteiger partial charge in [0.05, 0.1) is 6.20 Å². The minimum absolute atomic E-state index is 0.0643. The van der Waals surface area contributed by atoms with Gasteiger partial charge in [-0.2, -0.15) is 19.6 Å². The first-order valence-electron chi connectivity index (χ1n) is 11.8. The quantitative estimate of drug-likeness (QED) is 0.393. The molecule has 176 valence electrons. The minimum atomic E-state index is 0.0643. The van der Waals surface area contributed by atoms with E-state index in [9.17, 15) is 0 Å². The van der Waals surface area contributed by atoms with Crippen molar-refractivity contribution >= 4 is 11.6 Å². The second-order valence-corrected chi connectivity index (χ2v) is 8.78. The maximum atomic E-state index is 6.17. The van der Waals surface area contributed by atoms with E-state index in [4.69, 9.17) is 14.5 Å². The fraction of sp³-hybridized carbons (Fsp3) is 0.346. The van der Waals surface area contributed by atoms with Crippen molar-refractivity contribution in [2.75, 3.05) is 18.4 Å². The highest BCUT2D eigenvalue weighted by Crippen LogP contribution is 2.27. The Balaban J connectivity index is 1.42. The van der Waals surface area contributed by atoms with E-state index in [1.165, 1.54) is 0 Å². The van der Waals surface area contributed by atoms with E-state index in [1.807, 2.05) is 60.8 Å². The van der Waals surface area contributed by atoms with Crippen molar-refractivity contribution in [3.05, 3.63) is 71.9 Å². The van der Waals surface area contributed by atoms with Gasteiger partial charge in [0.15, 0.2) is 5.65 Å². The molecule has 2 N–H and O–H groups in total. The van der Waals surface area contributed by atoms with E-state index in [1.54, 1.807) is 4.52 Å². The van der Waals surface area contributed by atoms with Crippen LogP contribution in [0.4, 0.5) is 5.95 Å². The Morgan fingerprint density at radius 2 is 1.91 bits per heavy atom. The van der Waals surface area contributed by atoms with Crippen LogP contribution >= 0.6 is 0 Å². The van der Waals surface area contributed by atoms with Gasteiger partial charge in [-0.05, 0) is 43.5 Å². The first-order valence-corrected chi connectivity index (χ1v) is 11.8. The van der Waals surface area contributed by atoms with Gasteiger partial charge < -0.3 is 20.1 Å². The van der Waals surface area contributed by atoms with E-state index in [0.717, 1.165) is 54.2 Å². The highest BCUT2D eigenvalue weighted by atomic mass is 16.5. The van der Waals surface area contributed by atoms with Crippen molar-refractivity contribution in [3.63, 3.8) is 0 Å². The predicted molar refractivity (Wildman–Crippen MR) is 132 cm³/mol. The number of aromatic nitrogens is 4. The number of anilines is 1. The zero-order chi connectivity index (χ0) is 23.3. The van der Waals surface area contributed by atoms with Gasteiger partial charge in [0.1, 0.15) is 17.6 Å². The van der Waals surface area contributed by atoms with Crippen molar-refractivity contribution in [1.82, 2.24) is 24.9 Å². The number of nitrogens with zero attached hydrogens (tertiary/aromatic N) is 4. The number of para-hydroxylation sites is 2. The molecule has 0 unspecified atom stereocenters. The predicted octanol–water partition coefficient (Wildman–Crippen LogP) is 4.78. The molecule has 1 aliphatic rings. The van der Waals surface area contributed by atoms with Gasteiger partial charge in [-0.25, -0.2) is 0 Å². The molecule has 1 saturated heterocycles. The van der Waals surface area contributed by atoms with E-state index < -0.39 is 0 Å². The Labute approximate surface area is 199 Å². The fourth-order valence-electron chi connectivity index (χ4n) is 4.06. The smallest absolute Gasteiger partial charge is 0.322 e. The largest absolute Gasteiger partial charge is 0.459 e. The van der Waals surface area contributed by atoms with Gasteiger partial charge in [0.2, 0.25) is 5.95 Å². The van der Waals surface area contributed by atoms with E-state index in [-0.39, 0.29) is 12.0 Å².